The summed E-state index contributed by atoms with van der Waals surface area (Å²) in [5.41, 5.74) is -1.38. The minimum absolute atomic E-state index is 0.0298. The highest BCUT2D eigenvalue weighted by molar-refractivity contribution is 5.31. The largest absolute Gasteiger partial charge is 0.493 e. The van der Waals surface area contributed by atoms with Crippen molar-refractivity contribution in [2.24, 2.45) is 11.3 Å². The van der Waals surface area contributed by atoms with Crippen LogP contribution in [0.2, 0.25) is 0 Å². The Hall–Kier alpha value is -0.540. The van der Waals surface area contributed by atoms with E-state index in [0.29, 0.717) is 5.76 Å². The summed E-state index contributed by atoms with van der Waals surface area (Å²) in [6.45, 7) is 7.84. The van der Waals surface area contributed by atoms with Gasteiger partial charge in [-0.3, -0.25) is 0 Å². The molecule has 0 spiro atoms. The predicted molar refractivity (Wildman–Crippen MR) is 61.8 cm³/mol. The van der Waals surface area contributed by atoms with E-state index in [1.165, 1.54) is 0 Å². The van der Waals surface area contributed by atoms with E-state index in [2.05, 4.69) is 0 Å². The van der Waals surface area contributed by atoms with Crippen LogP contribution in [0, 0.1) is 11.3 Å². The summed E-state index contributed by atoms with van der Waals surface area (Å²) in [4.78, 5) is 0. The molecule has 0 aliphatic heterocycles. The maximum absolute atomic E-state index is 10.7. The van der Waals surface area contributed by atoms with Gasteiger partial charge in [0, 0.05) is 5.41 Å². The maximum Gasteiger partial charge on any atom is 0.124 e. The third-order valence-corrected chi connectivity index (χ3v) is 4.37. The van der Waals surface area contributed by atoms with Crippen LogP contribution in [-0.2, 0) is 4.74 Å². The lowest BCUT2D eigenvalue weighted by Gasteiger charge is -2.37. The van der Waals surface area contributed by atoms with Crippen LogP contribution in [0.15, 0.2) is 11.8 Å². The fourth-order valence-corrected chi connectivity index (χ4v) is 3.14. The van der Waals surface area contributed by atoms with E-state index >= 15 is 0 Å². The molecular formula is C13H22O3. The third-order valence-electron chi connectivity index (χ3n) is 4.37. The van der Waals surface area contributed by atoms with Gasteiger partial charge in [-0.15, -0.1) is 0 Å². The molecule has 0 aromatic heterocycles. The van der Waals surface area contributed by atoms with Gasteiger partial charge in [0.25, 0.3) is 0 Å². The van der Waals surface area contributed by atoms with E-state index < -0.39 is 17.1 Å². The van der Waals surface area contributed by atoms with E-state index in [1.54, 1.807) is 6.08 Å². The molecule has 16 heavy (non-hydrogen) atoms. The predicted octanol–water partition coefficient (Wildman–Crippen LogP) is 1.84. The average Bonchev–Trinajstić information content (AvgIpc) is 2.51. The monoisotopic (exact) mass is 226 g/mol. The van der Waals surface area contributed by atoms with E-state index in [-0.39, 0.29) is 12.0 Å². The van der Waals surface area contributed by atoms with Crippen molar-refractivity contribution in [3.8, 4) is 0 Å². The van der Waals surface area contributed by atoms with Gasteiger partial charge in [0.1, 0.15) is 11.9 Å². The Balaban J connectivity index is 2.33. The molecule has 2 N–H and O–H groups in total. The SMILES string of the molecule is CC(C)OC1=C[C@@]2(O)[C@@H](C)CC[C@@]2(C)[C@@H]1O. The molecule has 0 aromatic rings. The summed E-state index contributed by atoms with van der Waals surface area (Å²) in [5.74, 6) is 0.729. The first-order chi connectivity index (χ1) is 7.31. The van der Waals surface area contributed by atoms with E-state index in [1.807, 2.05) is 27.7 Å². The number of aliphatic hydroxyl groups excluding tert-OH is 1. The first-order valence-corrected chi connectivity index (χ1v) is 6.11. The third kappa shape index (κ3) is 1.34. The van der Waals surface area contributed by atoms with Crippen molar-refractivity contribution in [3.63, 3.8) is 0 Å². The highest BCUT2D eigenvalue weighted by atomic mass is 16.5. The molecular weight excluding hydrogens is 204 g/mol. The molecule has 0 unspecified atom stereocenters. The van der Waals surface area contributed by atoms with Crippen molar-refractivity contribution in [2.45, 2.75) is 58.3 Å². The van der Waals surface area contributed by atoms with Crippen LogP contribution in [0.5, 0.6) is 0 Å². The summed E-state index contributed by atoms with van der Waals surface area (Å²) < 4.78 is 5.59. The fourth-order valence-electron chi connectivity index (χ4n) is 3.14. The van der Waals surface area contributed by atoms with Crippen LogP contribution >= 0.6 is 0 Å². The molecule has 3 nitrogen and oxygen atoms in total. The zero-order valence-electron chi connectivity index (χ0n) is 10.5. The molecule has 2 rings (SSSR count). The topological polar surface area (TPSA) is 49.7 Å². The first-order valence-electron chi connectivity index (χ1n) is 6.11. The van der Waals surface area contributed by atoms with Gasteiger partial charge in [0.05, 0.1) is 11.7 Å². The second kappa shape index (κ2) is 3.47. The smallest absolute Gasteiger partial charge is 0.124 e. The molecule has 0 amide bonds. The summed E-state index contributed by atoms with van der Waals surface area (Å²) >= 11 is 0. The lowest BCUT2D eigenvalue weighted by atomic mass is 9.74. The van der Waals surface area contributed by atoms with Gasteiger partial charge in [-0.25, -0.2) is 0 Å². The molecule has 2 aliphatic rings. The molecule has 0 saturated heterocycles. The molecule has 1 fully saturated rings. The molecule has 1 saturated carbocycles. The van der Waals surface area contributed by atoms with Crippen LogP contribution in [0.4, 0.5) is 0 Å². The second-order valence-electron chi connectivity index (χ2n) is 5.80. The van der Waals surface area contributed by atoms with Crippen LogP contribution in [0.3, 0.4) is 0 Å². The van der Waals surface area contributed by atoms with Gasteiger partial charge in [-0.2, -0.15) is 0 Å². The normalized spacial score (nSPS) is 47.1. The standard InChI is InChI=1S/C13H22O3/c1-8(2)16-10-7-13(15)9(3)5-6-12(13,4)11(10)14/h7-9,11,14-15H,5-6H2,1-4H3/t9-,11+,12-,13+/m0/s1. The molecule has 0 heterocycles. The minimum atomic E-state index is -0.906. The number of hydrogen-bond donors (Lipinski definition) is 2. The molecule has 92 valence electrons. The number of aliphatic hydroxyl groups is 2. The van der Waals surface area contributed by atoms with E-state index in [0.717, 1.165) is 12.8 Å². The van der Waals surface area contributed by atoms with E-state index in [9.17, 15) is 10.2 Å². The van der Waals surface area contributed by atoms with Crippen LogP contribution in [0.1, 0.15) is 40.5 Å². The number of hydrogen-bond acceptors (Lipinski definition) is 3. The highest BCUT2D eigenvalue weighted by Gasteiger charge is 2.62. The van der Waals surface area contributed by atoms with Crippen LogP contribution in [0.25, 0.3) is 0 Å². The minimum Gasteiger partial charge on any atom is -0.493 e. The quantitative estimate of drug-likeness (QED) is 0.755. The van der Waals surface area contributed by atoms with E-state index in [4.69, 9.17) is 4.74 Å². The van der Waals surface area contributed by atoms with Gasteiger partial charge in [0.2, 0.25) is 0 Å². The molecule has 3 heteroatoms. The average molecular weight is 226 g/mol. The second-order valence-corrected chi connectivity index (χ2v) is 5.80. The first kappa shape index (κ1) is 11.9. The van der Waals surface area contributed by atoms with Crippen molar-refractivity contribution < 1.29 is 14.9 Å². The van der Waals surface area contributed by atoms with Crippen LogP contribution in [-0.4, -0.2) is 28.0 Å². The lowest BCUT2D eigenvalue weighted by molar-refractivity contribution is -0.0800. The Morgan fingerprint density at radius 1 is 1.50 bits per heavy atom. The summed E-state index contributed by atoms with van der Waals surface area (Å²) in [6.07, 6.45) is 2.89. The lowest BCUT2D eigenvalue weighted by Crippen LogP contribution is -2.46. The van der Waals surface area contributed by atoms with Gasteiger partial charge in [0.15, 0.2) is 0 Å². The molecule has 0 radical (unpaired) electrons. The Bertz CT molecular complexity index is 323. The van der Waals surface area contributed by atoms with Gasteiger partial charge < -0.3 is 14.9 Å². The summed E-state index contributed by atoms with van der Waals surface area (Å²) in [5, 5.41) is 21.0. The van der Waals surface area contributed by atoms with Gasteiger partial charge in [-0.1, -0.05) is 13.8 Å². The molecule has 4 atom stereocenters. The van der Waals surface area contributed by atoms with Gasteiger partial charge >= 0.3 is 0 Å². The van der Waals surface area contributed by atoms with Crippen LogP contribution < -0.4 is 0 Å². The fraction of sp³-hybridized carbons (Fsp3) is 0.846. The highest BCUT2D eigenvalue weighted by Crippen LogP contribution is 2.58. The number of fused-ring (bicyclic) bond motifs is 1. The molecule has 0 aromatic carbocycles. The number of ether oxygens (including phenoxy) is 1. The Labute approximate surface area is 97.1 Å². The molecule has 0 bridgehead atoms. The van der Waals surface area contributed by atoms with Crippen molar-refractivity contribution in [1.82, 2.24) is 0 Å². The Morgan fingerprint density at radius 2 is 2.12 bits per heavy atom. The summed E-state index contributed by atoms with van der Waals surface area (Å²) in [6, 6.07) is 0. The van der Waals surface area contributed by atoms with Crippen molar-refractivity contribution >= 4 is 0 Å². The Morgan fingerprint density at radius 3 is 2.62 bits per heavy atom. The molecule has 2 aliphatic carbocycles. The van der Waals surface area contributed by atoms with Crippen molar-refractivity contribution in [3.05, 3.63) is 11.8 Å². The van der Waals surface area contributed by atoms with Crippen molar-refractivity contribution in [2.75, 3.05) is 0 Å². The zero-order valence-corrected chi connectivity index (χ0v) is 10.5. The zero-order chi connectivity index (χ0) is 12.1. The maximum atomic E-state index is 10.7. The number of rotatable bonds is 2. The van der Waals surface area contributed by atoms with Gasteiger partial charge in [-0.05, 0) is 38.7 Å². The summed E-state index contributed by atoms with van der Waals surface area (Å²) in [7, 11) is 0. The Kier molecular flexibility index (Phi) is 2.59. The van der Waals surface area contributed by atoms with Crippen molar-refractivity contribution in [1.29, 1.82) is 0 Å².